The molecule has 1 aliphatic rings. The molecule has 0 N–H and O–H groups in total. The fourth-order valence-electron chi connectivity index (χ4n) is 7.12. The summed E-state index contributed by atoms with van der Waals surface area (Å²) in [5.41, 5.74) is 9.69. The van der Waals surface area contributed by atoms with Crippen molar-refractivity contribution in [3.8, 4) is 33.4 Å². The Bertz CT molecular complexity index is 2370. The smallest absolute Gasteiger partial charge is 0.134 e. The Hall–Kier alpha value is -5.40. The van der Waals surface area contributed by atoms with Gasteiger partial charge in [0.1, 0.15) is 11.3 Å². The second-order valence-electron chi connectivity index (χ2n) is 11.5. The number of benzene rings is 7. The summed E-state index contributed by atoms with van der Waals surface area (Å²) in [5.74, 6) is 1.11. The Labute approximate surface area is 250 Å². The summed E-state index contributed by atoms with van der Waals surface area (Å²) in [5, 5.41) is 8.89. The molecule has 7 aromatic carbocycles. The van der Waals surface area contributed by atoms with E-state index in [9.17, 15) is 0 Å². The highest BCUT2D eigenvalue weighted by Crippen LogP contribution is 2.46. The molecule has 1 heterocycles. The van der Waals surface area contributed by atoms with Gasteiger partial charge in [-0.25, -0.2) is 0 Å². The lowest BCUT2D eigenvalue weighted by Crippen LogP contribution is -1.92. The van der Waals surface area contributed by atoms with Gasteiger partial charge >= 0.3 is 0 Å². The highest BCUT2D eigenvalue weighted by atomic mass is 16.3. The molecule has 0 bridgehead atoms. The molecule has 202 valence electrons. The van der Waals surface area contributed by atoms with Gasteiger partial charge in [0, 0.05) is 17.4 Å². The molecular weight excluding hydrogens is 520 g/mol. The summed E-state index contributed by atoms with van der Waals surface area (Å²) in [6.45, 7) is 0. The zero-order valence-corrected chi connectivity index (χ0v) is 23.7. The summed E-state index contributed by atoms with van der Waals surface area (Å²) in [4.78, 5) is 0. The molecule has 8 aromatic rings. The van der Waals surface area contributed by atoms with E-state index in [-0.39, 0.29) is 0 Å². The number of aryl methyl sites for hydroxylation is 1. The average Bonchev–Trinajstić information content (AvgIpc) is 3.45. The monoisotopic (exact) mass is 548 g/mol. The molecule has 0 saturated heterocycles. The van der Waals surface area contributed by atoms with Crippen LogP contribution in [0.3, 0.4) is 0 Å². The molecule has 0 atom stereocenters. The average molecular weight is 549 g/mol. The summed E-state index contributed by atoms with van der Waals surface area (Å²) in [6.07, 6.45) is 6.49. The number of hydrogen-bond donors (Lipinski definition) is 0. The lowest BCUT2D eigenvalue weighted by atomic mass is 9.84. The van der Waals surface area contributed by atoms with Gasteiger partial charge in [0.15, 0.2) is 0 Å². The first-order chi connectivity index (χ1) is 21.3. The van der Waals surface area contributed by atoms with Gasteiger partial charge in [0.25, 0.3) is 0 Å². The maximum Gasteiger partial charge on any atom is 0.134 e. The Morgan fingerprint density at radius 3 is 1.98 bits per heavy atom. The van der Waals surface area contributed by atoms with Gasteiger partial charge < -0.3 is 4.42 Å². The van der Waals surface area contributed by atoms with Crippen molar-refractivity contribution in [2.24, 2.45) is 0 Å². The highest BCUT2D eigenvalue weighted by Gasteiger charge is 2.19. The predicted octanol–water partition coefficient (Wildman–Crippen LogP) is 11.9. The molecule has 43 heavy (non-hydrogen) atoms. The van der Waals surface area contributed by atoms with E-state index in [0.717, 1.165) is 24.2 Å². The van der Waals surface area contributed by atoms with E-state index in [2.05, 4.69) is 146 Å². The van der Waals surface area contributed by atoms with Crippen LogP contribution in [0.1, 0.15) is 17.7 Å². The molecule has 0 spiro atoms. The van der Waals surface area contributed by atoms with Crippen LogP contribution < -0.4 is 0 Å². The second kappa shape index (κ2) is 9.58. The highest BCUT2D eigenvalue weighted by molar-refractivity contribution is 6.27. The molecule has 0 unspecified atom stereocenters. The van der Waals surface area contributed by atoms with E-state index in [1.165, 1.54) is 76.6 Å². The predicted molar refractivity (Wildman–Crippen MR) is 182 cm³/mol. The first-order valence-corrected chi connectivity index (χ1v) is 15.1. The molecule has 0 saturated carbocycles. The lowest BCUT2D eigenvalue weighted by molar-refractivity contribution is 0.546. The van der Waals surface area contributed by atoms with E-state index in [4.69, 9.17) is 4.42 Å². The third kappa shape index (κ3) is 3.78. The molecule has 0 fully saturated rings. The van der Waals surface area contributed by atoms with Gasteiger partial charge in [-0.3, -0.25) is 0 Å². The van der Waals surface area contributed by atoms with E-state index < -0.39 is 0 Å². The van der Waals surface area contributed by atoms with Crippen molar-refractivity contribution in [3.63, 3.8) is 0 Å². The summed E-state index contributed by atoms with van der Waals surface area (Å²) in [7, 11) is 0. The van der Waals surface area contributed by atoms with Gasteiger partial charge in [-0.1, -0.05) is 133 Å². The minimum atomic E-state index is 0.973. The number of allylic oxidation sites excluding steroid dienone is 1. The Morgan fingerprint density at radius 2 is 1.14 bits per heavy atom. The van der Waals surface area contributed by atoms with Crippen molar-refractivity contribution in [1.82, 2.24) is 0 Å². The standard InChI is InChI=1S/C42H28O/c1-2-11-29(12-3-1)41-35-16-7-6-15-34(35)40(36-24-22-28-10-4-5-13-32(28)42(36)41)30-20-18-27(19-21-30)31-23-25-39-37(26-31)33-14-8-9-17-38(33)43-39/h1-8,10-16,18-26H,9,17H2. The van der Waals surface area contributed by atoms with Crippen molar-refractivity contribution in [3.05, 3.63) is 151 Å². The van der Waals surface area contributed by atoms with E-state index in [1.54, 1.807) is 0 Å². The van der Waals surface area contributed by atoms with E-state index in [1.807, 2.05) is 0 Å². The Kier molecular flexibility index (Phi) is 5.39. The van der Waals surface area contributed by atoms with Crippen molar-refractivity contribution in [1.29, 1.82) is 0 Å². The zero-order valence-electron chi connectivity index (χ0n) is 23.7. The fourth-order valence-corrected chi connectivity index (χ4v) is 7.12. The minimum absolute atomic E-state index is 0.973. The molecule has 0 aliphatic heterocycles. The van der Waals surface area contributed by atoms with Crippen LogP contribution in [0.2, 0.25) is 0 Å². The normalized spacial score (nSPS) is 12.8. The molecule has 1 aromatic heterocycles. The van der Waals surface area contributed by atoms with Crippen molar-refractivity contribution < 1.29 is 4.42 Å². The van der Waals surface area contributed by atoms with Crippen LogP contribution in [-0.4, -0.2) is 0 Å². The van der Waals surface area contributed by atoms with Crippen LogP contribution in [0, 0.1) is 0 Å². The van der Waals surface area contributed by atoms with Crippen molar-refractivity contribution >= 4 is 49.4 Å². The Balaban J connectivity index is 1.28. The van der Waals surface area contributed by atoms with E-state index in [0.29, 0.717) is 0 Å². The largest absolute Gasteiger partial charge is 0.460 e. The third-order valence-corrected chi connectivity index (χ3v) is 9.11. The molecule has 1 heteroatoms. The SMILES string of the molecule is C1=Cc2c(oc3ccc(-c4ccc(-c5c6ccccc6c(-c6ccccc6)c6c5ccc5ccccc56)cc4)cc23)CC1. The number of hydrogen-bond acceptors (Lipinski definition) is 1. The minimum Gasteiger partial charge on any atom is -0.460 e. The van der Waals surface area contributed by atoms with Crippen LogP contribution in [0.4, 0.5) is 0 Å². The molecule has 0 radical (unpaired) electrons. The Morgan fingerprint density at radius 1 is 0.465 bits per heavy atom. The van der Waals surface area contributed by atoms with Gasteiger partial charge in [0.05, 0.1) is 0 Å². The molecule has 9 rings (SSSR count). The summed E-state index contributed by atoms with van der Waals surface area (Å²) >= 11 is 0. The first-order valence-electron chi connectivity index (χ1n) is 15.1. The first kappa shape index (κ1) is 24.2. The number of fused-ring (bicyclic) bond motifs is 7. The van der Waals surface area contributed by atoms with Crippen LogP contribution >= 0.6 is 0 Å². The quantitative estimate of drug-likeness (QED) is 0.158. The van der Waals surface area contributed by atoms with Gasteiger partial charge in [0.2, 0.25) is 0 Å². The summed E-state index contributed by atoms with van der Waals surface area (Å²) in [6, 6.07) is 48.8. The second-order valence-corrected chi connectivity index (χ2v) is 11.5. The van der Waals surface area contributed by atoms with Crippen LogP contribution in [-0.2, 0) is 6.42 Å². The van der Waals surface area contributed by atoms with Crippen LogP contribution in [0.15, 0.2) is 144 Å². The maximum absolute atomic E-state index is 6.16. The summed E-state index contributed by atoms with van der Waals surface area (Å²) < 4.78 is 6.16. The number of furan rings is 1. The van der Waals surface area contributed by atoms with Crippen LogP contribution in [0.25, 0.3) is 82.7 Å². The topological polar surface area (TPSA) is 13.1 Å². The van der Waals surface area contributed by atoms with Gasteiger partial charge in [-0.2, -0.15) is 0 Å². The van der Waals surface area contributed by atoms with E-state index >= 15 is 0 Å². The van der Waals surface area contributed by atoms with Crippen LogP contribution in [0.5, 0.6) is 0 Å². The zero-order chi connectivity index (χ0) is 28.3. The fraction of sp³-hybridized carbons (Fsp3) is 0.0476. The van der Waals surface area contributed by atoms with Crippen molar-refractivity contribution in [2.45, 2.75) is 12.8 Å². The molecule has 0 amide bonds. The molecular formula is C42H28O. The molecule has 1 nitrogen and oxygen atoms in total. The van der Waals surface area contributed by atoms with Gasteiger partial charge in [-0.05, 0) is 84.3 Å². The lowest BCUT2D eigenvalue weighted by Gasteiger charge is -2.19. The number of rotatable bonds is 3. The van der Waals surface area contributed by atoms with Crippen molar-refractivity contribution in [2.75, 3.05) is 0 Å². The maximum atomic E-state index is 6.16. The van der Waals surface area contributed by atoms with Gasteiger partial charge in [-0.15, -0.1) is 0 Å². The third-order valence-electron chi connectivity index (χ3n) is 9.11. The molecule has 1 aliphatic carbocycles.